The third kappa shape index (κ3) is 2.69. The smallest absolute Gasteiger partial charge is 0.468 e. The van der Waals surface area contributed by atoms with E-state index in [4.69, 9.17) is 14.0 Å². The Labute approximate surface area is 141 Å². The minimum Gasteiger partial charge on any atom is -0.468 e. The molecule has 1 aliphatic heterocycles. The number of carbonyl (C=O) groups excluding carboxylic acids is 1. The average Bonchev–Trinajstić information content (AvgIpc) is 2.92. The summed E-state index contributed by atoms with van der Waals surface area (Å²) in [6.45, 7) is 9.94. The van der Waals surface area contributed by atoms with E-state index in [0.29, 0.717) is 11.5 Å². The van der Waals surface area contributed by atoms with Crippen molar-refractivity contribution in [2.45, 2.75) is 52.4 Å². The molecule has 0 aliphatic carbocycles. The molecule has 0 amide bonds. The molecule has 0 spiro atoms. The second-order valence-corrected chi connectivity index (χ2v) is 7.02. The molecule has 2 aromatic rings. The summed E-state index contributed by atoms with van der Waals surface area (Å²) in [6, 6.07) is 1.91. The highest BCUT2D eigenvalue weighted by Gasteiger charge is 2.51. The molecule has 1 fully saturated rings. The Balaban J connectivity index is 2.00. The summed E-state index contributed by atoms with van der Waals surface area (Å²) in [4.78, 5) is 20.4. The molecule has 0 aromatic carbocycles. The Hall–Kier alpha value is -1.93. The van der Waals surface area contributed by atoms with E-state index in [1.165, 1.54) is 7.11 Å². The number of esters is 1. The van der Waals surface area contributed by atoms with Gasteiger partial charge in [0.25, 0.3) is 0 Å². The molecule has 2 aromatic heterocycles. The first-order valence-electron chi connectivity index (χ1n) is 7.90. The SMILES string of the molecule is COC(=O)Cn1c(C)nc2ncc(B3OC(C)(C)C(C)(C)O3)cc21. The van der Waals surface area contributed by atoms with Crippen LogP contribution in [0, 0.1) is 6.92 Å². The van der Waals surface area contributed by atoms with Crippen LogP contribution in [0.25, 0.3) is 11.2 Å². The molecular weight excluding hydrogens is 309 g/mol. The van der Waals surface area contributed by atoms with Crippen molar-refractivity contribution in [2.24, 2.45) is 0 Å². The number of hydrogen-bond acceptors (Lipinski definition) is 6. The van der Waals surface area contributed by atoms with Gasteiger partial charge in [-0.1, -0.05) is 0 Å². The third-order valence-electron chi connectivity index (χ3n) is 4.86. The lowest BCUT2D eigenvalue weighted by atomic mass is 9.80. The molecule has 0 radical (unpaired) electrons. The second-order valence-electron chi connectivity index (χ2n) is 7.02. The summed E-state index contributed by atoms with van der Waals surface area (Å²) in [6.07, 6.45) is 1.71. The van der Waals surface area contributed by atoms with Gasteiger partial charge in [-0.2, -0.15) is 0 Å². The van der Waals surface area contributed by atoms with E-state index >= 15 is 0 Å². The van der Waals surface area contributed by atoms with Gasteiger partial charge in [0.15, 0.2) is 5.65 Å². The standard InChI is InChI=1S/C16H22BN3O4/c1-10-19-14-12(20(10)9-13(21)22-6)7-11(8-18-14)17-23-15(2,3)16(4,5)24-17/h7-8H,9H2,1-6H3. The van der Waals surface area contributed by atoms with Crippen LogP contribution in [0.5, 0.6) is 0 Å². The summed E-state index contributed by atoms with van der Waals surface area (Å²) in [5.74, 6) is 0.368. The van der Waals surface area contributed by atoms with E-state index in [-0.39, 0.29) is 12.5 Å². The zero-order chi connectivity index (χ0) is 17.7. The lowest BCUT2D eigenvalue weighted by Gasteiger charge is -2.32. The minimum atomic E-state index is -0.506. The molecule has 128 valence electrons. The maximum atomic E-state index is 11.6. The second kappa shape index (κ2) is 5.56. The highest BCUT2D eigenvalue weighted by atomic mass is 16.7. The molecule has 0 N–H and O–H groups in total. The molecule has 0 atom stereocenters. The number of aromatic nitrogens is 3. The molecule has 1 saturated heterocycles. The van der Waals surface area contributed by atoms with Gasteiger partial charge in [-0.05, 0) is 40.7 Å². The predicted molar refractivity (Wildman–Crippen MR) is 90.0 cm³/mol. The van der Waals surface area contributed by atoms with Gasteiger partial charge in [0, 0.05) is 11.7 Å². The van der Waals surface area contributed by atoms with Gasteiger partial charge in [-0.3, -0.25) is 4.79 Å². The maximum absolute atomic E-state index is 11.6. The molecule has 0 unspecified atom stereocenters. The Morgan fingerprint density at radius 3 is 2.50 bits per heavy atom. The van der Waals surface area contributed by atoms with Crippen LogP contribution in [-0.4, -0.2) is 45.9 Å². The van der Waals surface area contributed by atoms with Gasteiger partial charge in [0.1, 0.15) is 12.4 Å². The summed E-state index contributed by atoms with van der Waals surface area (Å²) in [5, 5.41) is 0. The first-order valence-corrected chi connectivity index (χ1v) is 7.90. The Kier molecular flexibility index (Phi) is 3.92. The van der Waals surface area contributed by atoms with Crippen LogP contribution in [0.15, 0.2) is 12.3 Å². The van der Waals surface area contributed by atoms with E-state index in [1.807, 2.05) is 40.7 Å². The van der Waals surface area contributed by atoms with Gasteiger partial charge < -0.3 is 18.6 Å². The van der Waals surface area contributed by atoms with Gasteiger partial charge in [-0.15, -0.1) is 0 Å². The predicted octanol–water partition coefficient (Wildman–Crippen LogP) is 1.21. The van der Waals surface area contributed by atoms with Crippen LogP contribution in [0.3, 0.4) is 0 Å². The number of carbonyl (C=O) groups is 1. The number of hydrogen-bond donors (Lipinski definition) is 0. The first-order chi connectivity index (χ1) is 11.1. The Morgan fingerprint density at radius 2 is 1.92 bits per heavy atom. The van der Waals surface area contributed by atoms with Gasteiger partial charge in [0.2, 0.25) is 0 Å². The monoisotopic (exact) mass is 331 g/mol. The highest BCUT2D eigenvalue weighted by molar-refractivity contribution is 6.62. The van der Waals surface area contributed by atoms with E-state index in [2.05, 4.69) is 9.97 Å². The van der Waals surface area contributed by atoms with Crippen LogP contribution in [0.1, 0.15) is 33.5 Å². The van der Waals surface area contributed by atoms with E-state index in [0.717, 1.165) is 11.0 Å². The quantitative estimate of drug-likeness (QED) is 0.622. The molecule has 24 heavy (non-hydrogen) atoms. The van der Waals surface area contributed by atoms with Crippen molar-refractivity contribution in [1.82, 2.24) is 14.5 Å². The number of ether oxygens (including phenoxy) is 1. The minimum absolute atomic E-state index is 0.0906. The van der Waals surface area contributed by atoms with Crippen LogP contribution < -0.4 is 5.46 Å². The van der Waals surface area contributed by atoms with E-state index in [1.54, 1.807) is 10.8 Å². The fourth-order valence-electron chi connectivity index (χ4n) is 2.64. The Bertz CT molecular complexity index is 784. The molecule has 0 bridgehead atoms. The van der Waals surface area contributed by atoms with Crippen molar-refractivity contribution < 1.29 is 18.8 Å². The van der Waals surface area contributed by atoms with Crippen molar-refractivity contribution in [3.05, 3.63) is 18.1 Å². The summed E-state index contributed by atoms with van der Waals surface area (Å²) in [5.41, 5.74) is 1.29. The van der Waals surface area contributed by atoms with Crippen LogP contribution in [0.2, 0.25) is 0 Å². The fraction of sp³-hybridized carbons (Fsp3) is 0.562. The van der Waals surface area contributed by atoms with Crippen molar-refractivity contribution in [3.8, 4) is 0 Å². The van der Waals surface area contributed by atoms with Crippen molar-refractivity contribution in [3.63, 3.8) is 0 Å². The summed E-state index contributed by atoms with van der Waals surface area (Å²) < 4.78 is 18.7. The zero-order valence-electron chi connectivity index (χ0n) is 14.9. The molecular formula is C16H22BN3O4. The van der Waals surface area contributed by atoms with Crippen LogP contribution in [0.4, 0.5) is 0 Å². The fourth-order valence-corrected chi connectivity index (χ4v) is 2.64. The number of aryl methyl sites for hydroxylation is 1. The van der Waals surface area contributed by atoms with Crippen molar-refractivity contribution >= 4 is 29.7 Å². The summed E-state index contributed by atoms with van der Waals surface area (Å²) >= 11 is 0. The lowest BCUT2D eigenvalue weighted by molar-refractivity contribution is -0.141. The van der Waals surface area contributed by atoms with Crippen molar-refractivity contribution in [1.29, 1.82) is 0 Å². The largest absolute Gasteiger partial charge is 0.496 e. The highest BCUT2D eigenvalue weighted by Crippen LogP contribution is 2.36. The molecule has 3 heterocycles. The average molecular weight is 331 g/mol. The maximum Gasteiger partial charge on any atom is 0.496 e. The van der Waals surface area contributed by atoms with E-state index in [9.17, 15) is 4.79 Å². The number of imidazole rings is 1. The van der Waals surface area contributed by atoms with Gasteiger partial charge in [0.05, 0.1) is 23.8 Å². The van der Waals surface area contributed by atoms with Crippen LogP contribution >= 0.6 is 0 Å². The number of fused-ring (bicyclic) bond motifs is 1. The molecule has 7 nitrogen and oxygen atoms in total. The van der Waals surface area contributed by atoms with Crippen LogP contribution in [-0.2, 0) is 25.4 Å². The van der Waals surface area contributed by atoms with Gasteiger partial charge in [-0.25, -0.2) is 9.97 Å². The first kappa shape index (κ1) is 16.9. The molecule has 1 aliphatic rings. The number of methoxy groups -OCH3 is 1. The van der Waals surface area contributed by atoms with Gasteiger partial charge >= 0.3 is 13.1 Å². The zero-order valence-corrected chi connectivity index (χ0v) is 14.9. The number of rotatable bonds is 3. The third-order valence-corrected chi connectivity index (χ3v) is 4.86. The molecule has 8 heteroatoms. The van der Waals surface area contributed by atoms with E-state index < -0.39 is 18.3 Å². The normalized spacial score (nSPS) is 19.0. The molecule has 0 saturated carbocycles. The number of nitrogens with zero attached hydrogens (tertiary/aromatic N) is 3. The molecule has 3 rings (SSSR count). The Morgan fingerprint density at radius 1 is 1.29 bits per heavy atom. The van der Waals surface area contributed by atoms with Crippen molar-refractivity contribution in [2.75, 3.05) is 7.11 Å². The summed E-state index contributed by atoms with van der Waals surface area (Å²) in [7, 11) is 0.860. The number of pyridine rings is 1. The topological polar surface area (TPSA) is 75.5 Å². The lowest BCUT2D eigenvalue weighted by Crippen LogP contribution is -2.41.